The smallest absolute Gasteiger partial charge is 0.157 e. The van der Waals surface area contributed by atoms with Crippen molar-refractivity contribution in [2.75, 3.05) is 12.3 Å². The minimum Gasteiger partial charge on any atom is -0.384 e. The highest BCUT2D eigenvalue weighted by Crippen LogP contribution is 2.32. The number of nitrogens with zero attached hydrogens (tertiary/aromatic N) is 2. The van der Waals surface area contributed by atoms with Gasteiger partial charge in [0.2, 0.25) is 0 Å². The second-order valence-corrected chi connectivity index (χ2v) is 5.19. The Balaban J connectivity index is 2.47. The van der Waals surface area contributed by atoms with Crippen molar-refractivity contribution in [1.82, 2.24) is 9.97 Å². The maximum absolute atomic E-state index is 14.2. The van der Waals surface area contributed by atoms with E-state index in [1.165, 1.54) is 6.07 Å². The molecule has 0 atom stereocenters. The zero-order valence-electron chi connectivity index (χ0n) is 10.7. The molecule has 2 rings (SSSR count). The van der Waals surface area contributed by atoms with Crippen molar-refractivity contribution >= 4 is 33.3 Å². The van der Waals surface area contributed by atoms with Crippen LogP contribution in [0.2, 0.25) is 5.02 Å². The molecule has 0 radical (unpaired) electrons. The van der Waals surface area contributed by atoms with E-state index in [1.807, 2.05) is 6.92 Å². The van der Waals surface area contributed by atoms with Crippen LogP contribution in [0.3, 0.4) is 0 Å². The highest BCUT2D eigenvalue weighted by molar-refractivity contribution is 9.10. The highest BCUT2D eigenvalue weighted by atomic mass is 79.9. The molecule has 0 saturated heterocycles. The molecule has 1 heterocycles. The van der Waals surface area contributed by atoms with E-state index in [-0.39, 0.29) is 23.0 Å². The van der Waals surface area contributed by atoms with Crippen molar-refractivity contribution in [2.45, 2.75) is 13.5 Å². The lowest BCUT2D eigenvalue weighted by atomic mass is 10.1. The van der Waals surface area contributed by atoms with Crippen molar-refractivity contribution in [3.8, 4) is 11.3 Å². The molecule has 0 spiro atoms. The van der Waals surface area contributed by atoms with Gasteiger partial charge in [0.25, 0.3) is 0 Å². The lowest BCUT2D eigenvalue weighted by Crippen LogP contribution is -2.04. The van der Waals surface area contributed by atoms with Gasteiger partial charge < -0.3 is 10.5 Å². The number of aromatic nitrogens is 2. The molecule has 0 amide bonds. The number of nitrogens with two attached hydrogens (primary N) is 1. The summed E-state index contributed by atoms with van der Waals surface area (Å²) in [5, 5.41) is 0.00559. The van der Waals surface area contributed by atoms with Gasteiger partial charge in [-0.1, -0.05) is 11.6 Å². The maximum Gasteiger partial charge on any atom is 0.157 e. The van der Waals surface area contributed by atoms with E-state index in [2.05, 4.69) is 25.9 Å². The fourth-order valence-corrected chi connectivity index (χ4v) is 2.11. The van der Waals surface area contributed by atoms with Crippen LogP contribution in [-0.4, -0.2) is 16.6 Å². The normalized spacial score (nSPS) is 10.8. The monoisotopic (exact) mass is 359 g/mol. The van der Waals surface area contributed by atoms with Crippen molar-refractivity contribution < 1.29 is 9.13 Å². The molecule has 0 bridgehead atoms. The molecule has 1 aromatic carbocycles. The minimum absolute atomic E-state index is 0.00559. The molecule has 0 aliphatic carbocycles. The second kappa shape index (κ2) is 6.47. The van der Waals surface area contributed by atoms with Gasteiger partial charge in [0, 0.05) is 22.7 Å². The molecular weight excluding hydrogens is 349 g/mol. The van der Waals surface area contributed by atoms with Crippen LogP contribution in [0.15, 0.2) is 22.7 Å². The molecule has 106 valence electrons. The summed E-state index contributed by atoms with van der Waals surface area (Å²) in [6, 6.07) is 4.73. The van der Waals surface area contributed by atoms with Gasteiger partial charge in [0.15, 0.2) is 11.6 Å². The molecule has 0 aliphatic heterocycles. The summed E-state index contributed by atoms with van der Waals surface area (Å²) in [5.41, 5.74) is 6.36. The number of ether oxygens (including phenoxy) is 1. The Labute approximate surface area is 129 Å². The number of hydrogen-bond donors (Lipinski definition) is 1. The third kappa shape index (κ3) is 3.26. The Bertz CT molecular complexity index is 639. The number of nitrogen functional groups attached to an aromatic ring is 1. The van der Waals surface area contributed by atoms with Gasteiger partial charge in [-0.25, -0.2) is 14.4 Å². The molecule has 2 aromatic rings. The maximum atomic E-state index is 14.2. The minimum atomic E-state index is -0.554. The van der Waals surface area contributed by atoms with E-state index in [1.54, 1.807) is 12.1 Å². The number of rotatable bonds is 4. The van der Waals surface area contributed by atoms with Crippen LogP contribution in [0, 0.1) is 5.82 Å². The van der Waals surface area contributed by atoms with Crippen LogP contribution in [0.4, 0.5) is 10.2 Å². The fraction of sp³-hybridized carbons (Fsp3) is 0.231. The third-order valence-electron chi connectivity index (χ3n) is 2.54. The summed E-state index contributed by atoms with van der Waals surface area (Å²) in [7, 11) is 0. The van der Waals surface area contributed by atoms with Gasteiger partial charge in [0.1, 0.15) is 12.4 Å². The first-order valence-electron chi connectivity index (χ1n) is 5.88. The average Bonchev–Trinajstić information content (AvgIpc) is 2.42. The van der Waals surface area contributed by atoms with E-state index < -0.39 is 5.82 Å². The Kier molecular flexibility index (Phi) is 4.91. The Morgan fingerprint density at radius 1 is 1.40 bits per heavy atom. The Hall–Kier alpha value is -1.24. The fourth-order valence-electron chi connectivity index (χ4n) is 1.64. The first-order chi connectivity index (χ1) is 9.52. The molecule has 0 aliphatic rings. The van der Waals surface area contributed by atoms with Crippen molar-refractivity contribution in [1.29, 1.82) is 0 Å². The Morgan fingerprint density at radius 3 is 2.85 bits per heavy atom. The number of halogens is 3. The highest BCUT2D eigenvalue weighted by Gasteiger charge is 2.14. The van der Waals surface area contributed by atoms with Gasteiger partial charge >= 0.3 is 0 Å². The van der Waals surface area contributed by atoms with Crippen molar-refractivity contribution in [2.24, 2.45) is 0 Å². The zero-order chi connectivity index (χ0) is 14.7. The molecule has 2 N–H and O–H groups in total. The Morgan fingerprint density at radius 2 is 2.15 bits per heavy atom. The van der Waals surface area contributed by atoms with Crippen LogP contribution in [0.25, 0.3) is 11.3 Å². The van der Waals surface area contributed by atoms with E-state index in [0.29, 0.717) is 22.6 Å². The first kappa shape index (κ1) is 15.2. The van der Waals surface area contributed by atoms with E-state index in [4.69, 9.17) is 22.1 Å². The topological polar surface area (TPSA) is 61.0 Å². The van der Waals surface area contributed by atoms with E-state index >= 15 is 0 Å². The predicted molar refractivity (Wildman–Crippen MR) is 79.9 cm³/mol. The first-order valence-corrected chi connectivity index (χ1v) is 7.05. The molecular formula is C13H12BrClFN3O. The van der Waals surface area contributed by atoms with E-state index in [0.717, 1.165) is 0 Å². The summed E-state index contributed by atoms with van der Waals surface area (Å²) in [4.78, 5) is 8.29. The molecule has 0 saturated carbocycles. The summed E-state index contributed by atoms with van der Waals surface area (Å²) >= 11 is 9.04. The van der Waals surface area contributed by atoms with Crippen LogP contribution < -0.4 is 5.73 Å². The van der Waals surface area contributed by atoms with Gasteiger partial charge in [-0.3, -0.25) is 0 Å². The average molecular weight is 361 g/mol. The SMILES string of the molecule is CCOCc1nc(N)cc(-c2ccc(Br)c(Cl)c2F)n1. The molecule has 0 unspecified atom stereocenters. The zero-order valence-corrected chi connectivity index (χ0v) is 13.0. The molecule has 7 heteroatoms. The third-order valence-corrected chi connectivity index (χ3v) is 3.80. The summed E-state index contributed by atoms with van der Waals surface area (Å²) in [6.45, 7) is 2.62. The number of anilines is 1. The van der Waals surface area contributed by atoms with Gasteiger partial charge in [-0.05, 0) is 35.0 Å². The van der Waals surface area contributed by atoms with Gasteiger partial charge in [0.05, 0.1) is 10.7 Å². The summed E-state index contributed by atoms with van der Waals surface area (Å²) in [5.74, 6) is 0.102. The second-order valence-electron chi connectivity index (χ2n) is 3.95. The lowest BCUT2D eigenvalue weighted by Gasteiger charge is -2.08. The molecule has 0 fully saturated rings. The molecule has 4 nitrogen and oxygen atoms in total. The van der Waals surface area contributed by atoms with Crippen LogP contribution in [0.5, 0.6) is 0 Å². The van der Waals surface area contributed by atoms with Crippen molar-refractivity contribution in [3.63, 3.8) is 0 Å². The van der Waals surface area contributed by atoms with Crippen LogP contribution in [-0.2, 0) is 11.3 Å². The number of benzene rings is 1. The standard InChI is InChI=1S/C13H12BrClFN3O/c1-2-20-6-11-18-9(5-10(17)19-11)7-3-4-8(14)12(15)13(7)16/h3-5H,2,6H2,1H3,(H2,17,18,19). The molecule has 1 aromatic heterocycles. The summed E-state index contributed by atoms with van der Waals surface area (Å²) < 4.78 is 19.9. The summed E-state index contributed by atoms with van der Waals surface area (Å²) in [6.07, 6.45) is 0. The molecule has 20 heavy (non-hydrogen) atoms. The van der Waals surface area contributed by atoms with Crippen LogP contribution >= 0.6 is 27.5 Å². The predicted octanol–water partition coefficient (Wildman–Crippen LogP) is 3.82. The largest absolute Gasteiger partial charge is 0.384 e. The van der Waals surface area contributed by atoms with E-state index in [9.17, 15) is 4.39 Å². The van der Waals surface area contributed by atoms with Gasteiger partial charge in [-0.15, -0.1) is 0 Å². The van der Waals surface area contributed by atoms with Crippen molar-refractivity contribution in [3.05, 3.63) is 39.3 Å². The van der Waals surface area contributed by atoms with Crippen LogP contribution in [0.1, 0.15) is 12.7 Å². The van der Waals surface area contributed by atoms with Gasteiger partial charge in [-0.2, -0.15) is 0 Å². The number of hydrogen-bond acceptors (Lipinski definition) is 4. The lowest BCUT2D eigenvalue weighted by molar-refractivity contribution is 0.128. The quantitative estimate of drug-likeness (QED) is 0.842.